The van der Waals surface area contributed by atoms with Crippen molar-refractivity contribution in [3.63, 3.8) is 0 Å². The Hall–Kier alpha value is -0.440. The number of aliphatic hydroxyl groups excluding tert-OH is 1. The molecule has 0 spiro atoms. The third-order valence-corrected chi connectivity index (χ3v) is 4.02. The highest BCUT2D eigenvalue weighted by atomic mass is 79.9. The summed E-state index contributed by atoms with van der Waals surface area (Å²) >= 11 is 7.82. The number of primary amides is 1. The largest absolute Gasteiger partial charge is 0.381 e. The van der Waals surface area contributed by atoms with Crippen LogP contribution >= 0.6 is 43.2 Å². The highest BCUT2D eigenvalue weighted by Crippen LogP contribution is 2.31. The molecule has 1 unspecified atom stereocenters. The van der Waals surface area contributed by atoms with Gasteiger partial charge in [-0.3, -0.25) is 9.59 Å². The molecule has 8 heteroatoms. The Balaban J connectivity index is 2.60. The van der Waals surface area contributed by atoms with Crippen molar-refractivity contribution in [3.05, 3.63) is 19.2 Å². The molecule has 0 radical (unpaired) electrons. The summed E-state index contributed by atoms with van der Waals surface area (Å²) in [4.78, 5) is 22.1. The molecule has 0 aliphatic heterocycles. The lowest BCUT2D eigenvalue weighted by Gasteiger charge is -2.07. The first-order valence-corrected chi connectivity index (χ1v) is 6.52. The molecule has 0 saturated heterocycles. The van der Waals surface area contributed by atoms with E-state index in [-0.39, 0.29) is 12.5 Å². The van der Waals surface area contributed by atoms with Gasteiger partial charge in [0, 0.05) is 0 Å². The summed E-state index contributed by atoms with van der Waals surface area (Å²) < 4.78 is 1.48. The molecule has 16 heavy (non-hydrogen) atoms. The Morgan fingerprint density at radius 3 is 2.62 bits per heavy atom. The van der Waals surface area contributed by atoms with Crippen molar-refractivity contribution in [1.29, 1.82) is 0 Å². The third kappa shape index (κ3) is 3.55. The van der Waals surface area contributed by atoms with Gasteiger partial charge in [0.1, 0.15) is 6.10 Å². The van der Waals surface area contributed by atoms with Crippen LogP contribution in [-0.2, 0) is 4.79 Å². The maximum absolute atomic E-state index is 11.6. The summed E-state index contributed by atoms with van der Waals surface area (Å²) in [5.74, 6) is -1.25. The van der Waals surface area contributed by atoms with Gasteiger partial charge in [-0.15, -0.1) is 11.3 Å². The Bertz CT molecular complexity index is 421. The molecule has 1 heterocycles. The van der Waals surface area contributed by atoms with Crippen LogP contribution in [0.4, 0.5) is 0 Å². The molecule has 0 aromatic carbocycles. The molecule has 1 aromatic heterocycles. The predicted molar refractivity (Wildman–Crippen MR) is 67.3 cm³/mol. The standard InChI is InChI=1S/C8H8Br2N2O3S/c9-5-1-3(6(10)16-5)8(15)12-2-4(13)7(11)14/h1,4,13H,2H2,(H2,11,14)(H,12,15). The van der Waals surface area contributed by atoms with E-state index in [1.54, 1.807) is 6.07 Å². The predicted octanol–water partition coefficient (Wildman–Crippen LogP) is 0.849. The van der Waals surface area contributed by atoms with Gasteiger partial charge < -0.3 is 16.2 Å². The Morgan fingerprint density at radius 1 is 1.56 bits per heavy atom. The fourth-order valence-electron chi connectivity index (χ4n) is 0.880. The number of aliphatic hydroxyl groups is 1. The summed E-state index contributed by atoms with van der Waals surface area (Å²) in [7, 11) is 0. The lowest BCUT2D eigenvalue weighted by molar-refractivity contribution is -0.125. The number of rotatable bonds is 4. The molecule has 1 atom stereocenters. The highest BCUT2D eigenvalue weighted by Gasteiger charge is 2.16. The number of carbonyl (C=O) groups excluding carboxylic acids is 2. The maximum atomic E-state index is 11.6. The molecule has 0 aliphatic carbocycles. The molecule has 0 bridgehead atoms. The number of carbonyl (C=O) groups is 2. The average Bonchev–Trinajstić information content (AvgIpc) is 2.53. The molecule has 1 aromatic rings. The highest BCUT2D eigenvalue weighted by molar-refractivity contribution is 9.12. The molecule has 4 N–H and O–H groups in total. The van der Waals surface area contributed by atoms with Crippen LogP contribution in [0.15, 0.2) is 13.6 Å². The zero-order chi connectivity index (χ0) is 12.3. The van der Waals surface area contributed by atoms with Gasteiger partial charge in [-0.05, 0) is 37.9 Å². The minimum Gasteiger partial charge on any atom is -0.381 e. The summed E-state index contributed by atoms with van der Waals surface area (Å²) in [6.45, 7) is -0.200. The van der Waals surface area contributed by atoms with Crippen molar-refractivity contribution in [2.24, 2.45) is 5.73 Å². The summed E-state index contributed by atoms with van der Waals surface area (Å²) in [5.41, 5.74) is 5.28. The lowest BCUT2D eigenvalue weighted by Crippen LogP contribution is -2.39. The maximum Gasteiger partial charge on any atom is 0.253 e. The van der Waals surface area contributed by atoms with Crippen LogP contribution in [0.25, 0.3) is 0 Å². The quantitative estimate of drug-likeness (QED) is 0.732. The van der Waals surface area contributed by atoms with E-state index in [0.29, 0.717) is 9.35 Å². The van der Waals surface area contributed by atoms with Crippen LogP contribution in [-0.4, -0.2) is 29.6 Å². The van der Waals surface area contributed by atoms with Gasteiger partial charge in [-0.1, -0.05) is 0 Å². The zero-order valence-corrected chi connectivity index (χ0v) is 11.9. The molecule has 0 aliphatic rings. The minimum absolute atomic E-state index is 0.200. The van der Waals surface area contributed by atoms with Gasteiger partial charge >= 0.3 is 0 Å². The zero-order valence-electron chi connectivity index (χ0n) is 7.87. The van der Waals surface area contributed by atoms with Crippen molar-refractivity contribution >= 4 is 55.0 Å². The van der Waals surface area contributed by atoms with E-state index < -0.39 is 12.0 Å². The van der Waals surface area contributed by atoms with E-state index in [1.165, 1.54) is 11.3 Å². The van der Waals surface area contributed by atoms with Crippen LogP contribution in [0.3, 0.4) is 0 Å². The van der Waals surface area contributed by atoms with E-state index in [2.05, 4.69) is 37.2 Å². The number of halogens is 2. The number of nitrogens with one attached hydrogen (secondary N) is 1. The van der Waals surface area contributed by atoms with E-state index in [9.17, 15) is 9.59 Å². The van der Waals surface area contributed by atoms with E-state index in [0.717, 1.165) is 3.79 Å². The van der Waals surface area contributed by atoms with Crippen LogP contribution in [0.1, 0.15) is 10.4 Å². The summed E-state index contributed by atoms with van der Waals surface area (Å²) in [6.07, 6.45) is -1.37. The molecule has 88 valence electrons. The van der Waals surface area contributed by atoms with Crippen molar-refractivity contribution in [2.75, 3.05) is 6.54 Å². The summed E-state index contributed by atoms with van der Waals surface area (Å²) in [5, 5.41) is 11.5. The van der Waals surface area contributed by atoms with E-state index in [4.69, 9.17) is 10.8 Å². The van der Waals surface area contributed by atoms with Crippen LogP contribution in [0.2, 0.25) is 0 Å². The number of thiophene rings is 1. The molecule has 1 rings (SSSR count). The number of nitrogens with two attached hydrogens (primary N) is 1. The van der Waals surface area contributed by atoms with Crippen molar-refractivity contribution in [1.82, 2.24) is 5.32 Å². The monoisotopic (exact) mass is 370 g/mol. The Morgan fingerprint density at radius 2 is 2.19 bits per heavy atom. The molecule has 5 nitrogen and oxygen atoms in total. The first-order valence-electron chi connectivity index (χ1n) is 4.12. The molecule has 2 amide bonds. The van der Waals surface area contributed by atoms with Crippen molar-refractivity contribution in [2.45, 2.75) is 6.10 Å². The first kappa shape index (κ1) is 13.6. The fraction of sp³-hybridized carbons (Fsp3) is 0.250. The van der Waals surface area contributed by atoms with E-state index in [1.807, 2.05) is 0 Å². The molecule has 0 fully saturated rings. The van der Waals surface area contributed by atoms with Gasteiger partial charge in [-0.2, -0.15) is 0 Å². The fourth-order valence-corrected chi connectivity index (χ4v) is 3.67. The smallest absolute Gasteiger partial charge is 0.253 e. The van der Waals surface area contributed by atoms with Crippen molar-refractivity contribution in [3.8, 4) is 0 Å². The second-order valence-corrected chi connectivity index (χ2v) is 6.62. The normalized spacial score (nSPS) is 12.2. The Labute approximate surface area is 112 Å². The molecular weight excluding hydrogens is 364 g/mol. The van der Waals surface area contributed by atoms with Gasteiger partial charge in [0.2, 0.25) is 5.91 Å². The van der Waals surface area contributed by atoms with Gasteiger partial charge in [-0.25, -0.2) is 0 Å². The van der Waals surface area contributed by atoms with Crippen LogP contribution in [0.5, 0.6) is 0 Å². The molecular formula is C8H8Br2N2O3S. The lowest BCUT2D eigenvalue weighted by atomic mass is 10.3. The SMILES string of the molecule is NC(=O)C(O)CNC(=O)c1cc(Br)sc1Br. The van der Waals surface area contributed by atoms with Gasteiger partial charge in [0.15, 0.2) is 0 Å². The third-order valence-electron chi connectivity index (χ3n) is 1.69. The first-order chi connectivity index (χ1) is 7.41. The van der Waals surface area contributed by atoms with Crippen molar-refractivity contribution < 1.29 is 14.7 Å². The second kappa shape index (κ2) is 5.76. The number of amides is 2. The summed E-state index contributed by atoms with van der Waals surface area (Å²) in [6, 6.07) is 1.64. The number of hydrogen-bond acceptors (Lipinski definition) is 4. The second-order valence-electron chi connectivity index (χ2n) is 2.87. The topological polar surface area (TPSA) is 92.4 Å². The van der Waals surface area contributed by atoms with E-state index >= 15 is 0 Å². The minimum atomic E-state index is -1.37. The van der Waals surface area contributed by atoms with Crippen LogP contribution in [0, 0.1) is 0 Å². The van der Waals surface area contributed by atoms with Crippen LogP contribution < -0.4 is 11.1 Å². The van der Waals surface area contributed by atoms with Gasteiger partial charge in [0.25, 0.3) is 5.91 Å². The average molecular weight is 372 g/mol. The Kier molecular flexibility index (Phi) is 4.90. The molecule has 0 saturated carbocycles. The number of hydrogen-bond donors (Lipinski definition) is 3. The van der Waals surface area contributed by atoms with Gasteiger partial charge in [0.05, 0.1) is 19.7 Å².